The minimum Gasteiger partial charge on any atom is -0.481 e. The van der Waals surface area contributed by atoms with Gasteiger partial charge in [-0.1, -0.05) is 6.07 Å². The van der Waals surface area contributed by atoms with Gasteiger partial charge in [0.2, 0.25) is 0 Å². The molecule has 0 fully saturated rings. The molecule has 1 N–H and O–H groups in total. The third kappa shape index (κ3) is 2.55. The fourth-order valence-corrected chi connectivity index (χ4v) is 2.11. The fraction of sp³-hybridized carbons (Fsp3) is 0.333. The molecule has 1 aromatic carbocycles. The Morgan fingerprint density at radius 1 is 1.45 bits per heavy atom. The van der Waals surface area contributed by atoms with Gasteiger partial charge in [0.05, 0.1) is 22.0 Å². The number of benzene rings is 1. The van der Waals surface area contributed by atoms with Crippen LogP contribution < -0.4 is 0 Å². The molecule has 0 spiro atoms. The number of halogens is 2. The van der Waals surface area contributed by atoms with E-state index >= 15 is 0 Å². The lowest BCUT2D eigenvalue weighted by Crippen LogP contribution is -2.23. The average molecular weight is 343 g/mol. The van der Waals surface area contributed by atoms with Crippen molar-refractivity contribution in [3.8, 4) is 11.4 Å². The summed E-state index contributed by atoms with van der Waals surface area (Å²) in [4.78, 5) is 11.0. The molecule has 0 radical (unpaired) electrons. The Hall–Kier alpha value is -1.83. The van der Waals surface area contributed by atoms with Crippen molar-refractivity contribution in [3.05, 3.63) is 28.5 Å². The Balaban J connectivity index is 2.48. The van der Waals surface area contributed by atoms with Crippen molar-refractivity contribution in [3.63, 3.8) is 0 Å². The maximum absolute atomic E-state index is 14.1. The second-order valence-corrected chi connectivity index (χ2v) is 5.27. The number of hydrogen-bond donors (Lipinski definition) is 1. The highest BCUT2D eigenvalue weighted by atomic mass is 79.9. The summed E-state index contributed by atoms with van der Waals surface area (Å²) in [5.41, 5.74) is 0.216. The minimum atomic E-state index is -0.964. The third-order valence-electron chi connectivity index (χ3n) is 3.18. The van der Waals surface area contributed by atoms with Crippen LogP contribution in [0.1, 0.15) is 19.9 Å². The molecule has 2 atom stereocenters. The molecule has 0 aliphatic carbocycles. The van der Waals surface area contributed by atoms with Crippen LogP contribution in [0.3, 0.4) is 0 Å². The van der Waals surface area contributed by atoms with E-state index < -0.39 is 23.7 Å². The van der Waals surface area contributed by atoms with Crippen molar-refractivity contribution in [2.24, 2.45) is 5.92 Å². The predicted molar refractivity (Wildman–Crippen MR) is 72.4 cm³/mol. The molecule has 0 bridgehead atoms. The Morgan fingerprint density at radius 2 is 2.15 bits per heavy atom. The summed E-state index contributed by atoms with van der Waals surface area (Å²) in [7, 11) is 0. The number of tetrazole rings is 1. The van der Waals surface area contributed by atoms with Gasteiger partial charge in [-0.15, -0.1) is 5.10 Å². The summed E-state index contributed by atoms with van der Waals surface area (Å²) in [5.74, 6) is -1.95. The van der Waals surface area contributed by atoms with Crippen molar-refractivity contribution < 1.29 is 14.3 Å². The van der Waals surface area contributed by atoms with Gasteiger partial charge in [-0.25, -0.2) is 9.07 Å². The van der Waals surface area contributed by atoms with E-state index in [-0.39, 0.29) is 11.4 Å². The zero-order valence-electron chi connectivity index (χ0n) is 10.8. The molecule has 1 heterocycles. The molecule has 106 valence electrons. The monoisotopic (exact) mass is 342 g/mol. The molecule has 2 unspecified atom stereocenters. The minimum absolute atomic E-state index is 0.199. The number of carboxylic acid groups (broad SMARTS) is 1. The number of aromatic nitrogens is 4. The van der Waals surface area contributed by atoms with E-state index in [2.05, 4.69) is 31.5 Å². The largest absolute Gasteiger partial charge is 0.481 e. The number of nitrogens with zero attached hydrogens (tertiary/aromatic N) is 4. The highest BCUT2D eigenvalue weighted by Crippen LogP contribution is 2.28. The summed E-state index contributed by atoms with van der Waals surface area (Å²) in [6.45, 7) is 3.23. The van der Waals surface area contributed by atoms with Gasteiger partial charge >= 0.3 is 5.97 Å². The number of carboxylic acids is 1. The van der Waals surface area contributed by atoms with Crippen molar-refractivity contribution in [1.29, 1.82) is 0 Å². The standard InChI is InChI=1S/C12H12BrFN4O2/c1-6(12(19)20)7(2)18-11(15-16-17-18)8-4-3-5-9(13)10(8)14/h3-7H,1-2H3,(H,19,20). The van der Waals surface area contributed by atoms with Crippen molar-refractivity contribution >= 4 is 21.9 Å². The van der Waals surface area contributed by atoms with Gasteiger partial charge in [0, 0.05) is 0 Å². The Bertz CT molecular complexity index is 646. The molecule has 2 rings (SSSR count). The molecule has 0 amide bonds. The molecular formula is C12H12BrFN4O2. The molecule has 2 aromatic rings. The Kier molecular flexibility index (Phi) is 4.12. The SMILES string of the molecule is CC(C(=O)O)C(C)n1nnnc1-c1cccc(Br)c1F. The lowest BCUT2D eigenvalue weighted by atomic mass is 10.0. The molecule has 0 aliphatic heterocycles. The van der Waals surface area contributed by atoms with Crippen LogP contribution in [-0.2, 0) is 4.79 Å². The maximum atomic E-state index is 14.1. The highest BCUT2D eigenvalue weighted by Gasteiger charge is 2.26. The van der Waals surface area contributed by atoms with Gasteiger partial charge in [-0.3, -0.25) is 4.79 Å². The van der Waals surface area contributed by atoms with E-state index in [9.17, 15) is 9.18 Å². The maximum Gasteiger partial charge on any atom is 0.308 e. The average Bonchev–Trinajstić information content (AvgIpc) is 2.89. The first-order chi connectivity index (χ1) is 9.43. The summed E-state index contributed by atoms with van der Waals surface area (Å²) in [6.07, 6.45) is 0. The van der Waals surface area contributed by atoms with E-state index in [0.29, 0.717) is 4.47 Å². The van der Waals surface area contributed by atoms with Crippen LogP contribution in [0.15, 0.2) is 22.7 Å². The van der Waals surface area contributed by atoms with E-state index in [0.717, 1.165) is 0 Å². The van der Waals surface area contributed by atoms with E-state index in [1.165, 1.54) is 4.68 Å². The lowest BCUT2D eigenvalue weighted by Gasteiger charge is -2.17. The second kappa shape index (κ2) is 5.66. The molecule has 0 aliphatic rings. The van der Waals surface area contributed by atoms with Gasteiger partial charge in [0.25, 0.3) is 0 Å². The van der Waals surface area contributed by atoms with Crippen molar-refractivity contribution in [1.82, 2.24) is 20.2 Å². The molecular weight excluding hydrogens is 331 g/mol. The fourth-order valence-electron chi connectivity index (χ4n) is 1.74. The molecule has 6 nitrogen and oxygen atoms in total. The van der Waals surface area contributed by atoms with Gasteiger partial charge in [-0.05, 0) is 52.3 Å². The highest BCUT2D eigenvalue weighted by molar-refractivity contribution is 9.10. The van der Waals surface area contributed by atoms with Gasteiger partial charge in [0.15, 0.2) is 5.82 Å². The smallest absolute Gasteiger partial charge is 0.308 e. The number of aliphatic carboxylic acids is 1. The topological polar surface area (TPSA) is 80.9 Å². The molecule has 1 aromatic heterocycles. The summed E-state index contributed by atoms with van der Waals surface area (Å²) in [5, 5.41) is 20.1. The molecule has 8 heteroatoms. The number of hydrogen-bond acceptors (Lipinski definition) is 4. The van der Waals surface area contributed by atoms with Crippen LogP contribution in [0.2, 0.25) is 0 Å². The number of carbonyl (C=O) groups is 1. The van der Waals surface area contributed by atoms with Crippen LogP contribution in [0.4, 0.5) is 4.39 Å². The van der Waals surface area contributed by atoms with Gasteiger partial charge in [-0.2, -0.15) is 0 Å². The van der Waals surface area contributed by atoms with Crippen molar-refractivity contribution in [2.75, 3.05) is 0 Å². The lowest BCUT2D eigenvalue weighted by molar-refractivity contribution is -0.142. The molecule has 20 heavy (non-hydrogen) atoms. The zero-order chi connectivity index (χ0) is 14.9. The van der Waals surface area contributed by atoms with E-state index in [1.807, 2.05) is 0 Å². The van der Waals surface area contributed by atoms with Crippen LogP contribution in [0.5, 0.6) is 0 Å². The van der Waals surface area contributed by atoms with E-state index in [1.54, 1.807) is 32.0 Å². The molecule has 0 saturated heterocycles. The van der Waals surface area contributed by atoms with Crippen LogP contribution in [0, 0.1) is 11.7 Å². The van der Waals surface area contributed by atoms with Crippen LogP contribution >= 0.6 is 15.9 Å². The van der Waals surface area contributed by atoms with Gasteiger partial charge in [0.1, 0.15) is 5.82 Å². The third-order valence-corrected chi connectivity index (χ3v) is 3.80. The number of rotatable bonds is 4. The quantitative estimate of drug-likeness (QED) is 0.923. The van der Waals surface area contributed by atoms with Gasteiger partial charge < -0.3 is 5.11 Å². The second-order valence-electron chi connectivity index (χ2n) is 4.42. The first-order valence-electron chi connectivity index (χ1n) is 5.88. The molecule has 0 saturated carbocycles. The first-order valence-corrected chi connectivity index (χ1v) is 6.67. The van der Waals surface area contributed by atoms with Crippen LogP contribution in [0.25, 0.3) is 11.4 Å². The first kappa shape index (κ1) is 14.6. The predicted octanol–water partition coefficient (Wildman–Crippen LogP) is 2.52. The van der Waals surface area contributed by atoms with E-state index in [4.69, 9.17) is 5.11 Å². The summed E-state index contributed by atoms with van der Waals surface area (Å²) in [6, 6.07) is 4.26. The van der Waals surface area contributed by atoms with Crippen molar-refractivity contribution in [2.45, 2.75) is 19.9 Å². The zero-order valence-corrected chi connectivity index (χ0v) is 12.4. The van der Waals surface area contributed by atoms with Crippen LogP contribution in [-0.4, -0.2) is 31.3 Å². The summed E-state index contributed by atoms with van der Waals surface area (Å²) < 4.78 is 15.7. The summed E-state index contributed by atoms with van der Waals surface area (Å²) >= 11 is 3.10. The Morgan fingerprint density at radius 3 is 2.80 bits per heavy atom. The normalized spacial score (nSPS) is 14.0. The Labute approximate surface area is 122 Å².